The molecule has 1 heterocycles. The van der Waals surface area contributed by atoms with Crippen LogP contribution in [0.25, 0.3) is 16.5 Å². The normalized spacial score (nSPS) is 11.6. The van der Waals surface area contributed by atoms with Gasteiger partial charge in [0.05, 0.1) is 12.9 Å². The number of anilines is 1. The molecule has 0 spiro atoms. The predicted octanol–water partition coefficient (Wildman–Crippen LogP) is 5.94. The molecule has 1 amide bonds. The summed E-state index contributed by atoms with van der Waals surface area (Å²) in [5.41, 5.74) is 4.27. The molecule has 0 saturated heterocycles. The number of carbonyl (C=O) groups excluding carboxylic acids is 1. The van der Waals surface area contributed by atoms with Gasteiger partial charge in [-0.25, -0.2) is 0 Å². The molecular weight excluding hydrogens is 394 g/mol. The third-order valence-corrected chi connectivity index (χ3v) is 4.53. The van der Waals surface area contributed by atoms with Gasteiger partial charge in [-0.3, -0.25) is 4.79 Å². The van der Waals surface area contributed by atoms with Crippen LogP contribution in [0.2, 0.25) is 0 Å². The predicted molar refractivity (Wildman–Crippen MR) is 109 cm³/mol. The number of fused-ring (bicyclic) bond motifs is 1. The quantitative estimate of drug-likeness (QED) is 0.526. The second kappa shape index (κ2) is 7.79. The number of allylic oxidation sites excluding steroid dienone is 1. The highest BCUT2D eigenvalue weighted by Gasteiger charge is 2.13. The molecule has 0 radical (unpaired) electrons. The van der Waals surface area contributed by atoms with E-state index >= 15 is 0 Å². The Bertz CT molecular complexity index is 988. The topological polar surface area (TPSA) is 51.5 Å². The molecule has 0 aliphatic heterocycles. The molecule has 4 nitrogen and oxygen atoms in total. The molecule has 1 aromatic heterocycles. The molecule has 0 saturated carbocycles. The number of hydrogen-bond donors (Lipinski definition) is 1. The highest BCUT2D eigenvalue weighted by molar-refractivity contribution is 9.10. The largest absolute Gasteiger partial charge is 0.493 e. The minimum absolute atomic E-state index is 0.188. The van der Waals surface area contributed by atoms with Crippen molar-refractivity contribution in [3.63, 3.8) is 0 Å². The van der Waals surface area contributed by atoms with Crippen LogP contribution in [0.3, 0.4) is 0 Å². The number of carbonyl (C=O) groups is 1. The van der Waals surface area contributed by atoms with Crippen LogP contribution in [0, 0.1) is 6.92 Å². The van der Waals surface area contributed by atoms with Gasteiger partial charge < -0.3 is 14.5 Å². The fourth-order valence-electron chi connectivity index (χ4n) is 2.78. The maximum absolute atomic E-state index is 12.4. The highest BCUT2D eigenvalue weighted by atomic mass is 79.9. The van der Waals surface area contributed by atoms with E-state index in [-0.39, 0.29) is 5.91 Å². The average molecular weight is 414 g/mol. The number of furan rings is 1. The van der Waals surface area contributed by atoms with Crippen LogP contribution in [-0.2, 0) is 4.79 Å². The molecule has 3 aromatic rings. The number of nitrogens with one attached hydrogen (secondary N) is 1. The maximum Gasteiger partial charge on any atom is 0.248 e. The third-order valence-electron chi connectivity index (χ3n) is 4.03. The Balaban J connectivity index is 1.93. The maximum atomic E-state index is 12.4. The minimum Gasteiger partial charge on any atom is -0.493 e. The van der Waals surface area contributed by atoms with E-state index in [2.05, 4.69) is 21.2 Å². The molecule has 0 fully saturated rings. The van der Waals surface area contributed by atoms with Gasteiger partial charge in [-0.2, -0.15) is 0 Å². The van der Waals surface area contributed by atoms with E-state index in [4.69, 9.17) is 9.15 Å². The van der Waals surface area contributed by atoms with E-state index in [1.54, 1.807) is 12.3 Å². The van der Waals surface area contributed by atoms with Crippen LogP contribution >= 0.6 is 15.9 Å². The smallest absolute Gasteiger partial charge is 0.248 e. The summed E-state index contributed by atoms with van der Waals surface area (Å²) >= 11 is 3.40. The molecule has 1 N–H and O–H groups in total. The zero-order chi connectivity index (χ0) is 18.7. The molecule has 2 aromatic carbocycles. The summed E-state index contributed by atoms with van der Waals surface area (Å²) in [6.45, 7) is 6.37. The van der Waals surface area contributed by atoms with Gasteiger partial charge >= 0.3 is 0 Å². The van der Waals surface area contributed by atoms with E-state index in [0.29, 0.717) is 12.4 Å². The van der Waals surface area contributed by atoms with Crippen LogP contribution in [-0.4, -0.2) is 12.5 Å². The van der Waals surface area contributed by atoms with Crippen molar-refractivity contribution in [1.29, 1.82) is 0 Å². The molecule has 0 bridgehead atoms. The van der Waals surface area contributed by atoms with Crippen molar-refractivity contribution < 1.29 is 13.9 Å². The van der Waals surface area contributed by atoms with Crippen molar-refractivity contribution in [1.82, 2.24) is 0 Å². The Morgan fingerprint density at radius 2 is 2.12 bits per heavy atom. The van der Waals surface area contributed by atoms with Crippen molar-refractivity contribution in [3.05, 3.63) is 64.3 Å². The molecular formula is C21H20BrNO3. The molecule has 3 rings (SSSR count). The van der Waals surface area contributed by atoms with Crippen molar-refractivity contribution in [3.8, 4) is 5.75 Å². The second-order valence-corrected chi connectivity index (χ2v) is 6.94. The van der Waals surface area contributed by atoms with E-state index in [1.165, 1.54) is 0 Å². The lowest BCUT2D eigenvalue weighted by molar-refractivity contribution is -0.111. The number of benzene rings is 2. The average Bonchev–Trinajstić information content (AvgIpc) is 2.94. The summed E-state index contributed by atoms with van der Waals surface area (Å²) in [6, 6.07) is 11.4. The standard InChI is InChI=1S/C21H20BrNO3/c1-4-25-19-11-20-18(14(3)12-26-20)10-17(19)13(2)8-21(24)23-16-7-5-6-15(22)9-16/h5-12H,4H2,1-3H3,(H,23,24)/b13-8+. The number of hydrogen-bond acceptors (Lipinski definition) is 3. The van der Waals surface area contributed by atoms with Crippen LogP contribution in [0.5, 0.6) is 5.75 Å². The number of aryl methyl sites for hydroxylation is 1. The van der Waals surface area contributed by atoms with Gasteiger partial charge in [-0.15, -0.1) is 0 Å². The Kier molecular flexibility index (Phi) is 5.47. The van der Waals surface area contributed by atoms with E-state index in [9.17, 15) is 4.79 Å². The third kappa shape index (κ3) is 3.99. The molecule has 0 aliphatic rings. The first kappa shape index (κ1) is 18.3. The molecule has 0 aliphatic carbocycles. The Morgan fingerprint density at radius 3 is 2.85 bits per heavy atom. The Morgan fingerprint density at radius 1 is 1.31 bits per heavy atom. The molecule has 5 heteroatoms. The van der Waals surface area contributed by atoms with Gasteiger partial charge in [0.2, 0.25) is 5.91 Å². The second-order valence-electron chi connectivity index (χ2n) is 6.02. The monoisotopic (exact) mass is 413 g/mol. The van der Waals surface area contributed by atoms with Gasteiger partial charge in [-0.1, -0.05) is 22.0 Å². The number of rotatable bonds is 5. The Hall–Kier alpha value is -2.53. The molecule has 0 unspecified atom stereocenters. The van der Waals surface area contributed by atoms with Gasteiger partial charge in [0.15, 0.2) is 0 Å². The summed E-state index contributed by atoms with van der Waals surface area (Å²) in [4.78, 5) is 12.4. The van der Waals surface area contributed by atoms with Crippen LogP contribution < -0.4 is 10.1 Å². The van der Waals surface area contributed by atoms with Crippen molar-refractivity contribution in [2.75, 3.05) is 11.9 Å². The zero-order valence-corrected chi connectivity index (χ0v) is 16.5. The first-order valence-electron chi connectivity index (χ1n) is 8.37. The first-order valence-corrected chi connectivity index (χ1v) is 9.17. The number of amides is 1. The van der Waals surface area contributed by atoms with E-state index in [1.807, 2.05) is 57.2 Å². The summed E-state index contributed by atoms with van der Waals surface area (Å²) in [7, 11) is 0. The number of ether oxygens (including phenoxy) is 1. The Labute approximate surface area is 161 Å². The van der Waals surface area contributed by atoms with E-state index in [0.717, 1.165) is 37.8 Å². The fraction of sp³-hybridized carbons (Fsp3) is 0.190. The van der Waals surface area contributed by atoms with Gasteiger partial charge in [-0.05, 0) is 56.2 Å². The first-order chi connectivity index (χ1) is 12.5. The van der Waals surface area contributed by atoms with Gasteiger partial charge in [0.1, 0.15) is 11.3 Å². The lowest BCUT2D eigenvalue weighted by Gasteiger charge is -2.11. The molecule has 134 valence electrons. The van der Waals surface area contributed by atoms with Crippen molar-refractivity contribution in [2.24, 2.45) is 0 Å². The SMILES string of the molecule is CCOc1cc2occ(C)c2cc1/C(C)=C/C(=O)Nc1cccc(Br)c1. The lowest BCUT2D eigenvalue weighted by atomic mass is 10.0. The lowest BCUT2D eigenvalue weighted by Crippen LogP contribution is -2.08. The van der Waals surface area contributed by atoms with Crippen molar-refractivity contribution >= 4 is 44.1 Å². The minimum atomic E-state index is -0.188. The van der Waals surface area contributed by atoms with Crippen molar-refractivity contribution in [2.45, 2.75) is 20.8 Å². The fourth-order valence-corrected chi connectivity index (χ4v) is 3.18. The summed E-state index contributed by atoms with van der Waals surface area (Å²) in [6.07, 6.45) is 3.31. The van der Waals surface area contributed by atoms with Gasteiger partial charge in [0, 0.05) is 33.3 Å². The van der Waals surface area contributed by atoms with Crippen LogP contribution in [0.4, 0.5) is 5.69 Å². The molecule has 0 atom stereocenters. The summed E-state index contributed by atoms with van der Waals surface area (Å²) < 4.78 is 12.2. The van der Waals surface area contributed by atoms with Crippen LogP contribution in [0.15, 0.2) is 57.6 Å². The highest BCUT2D eigenvalue weighted by Crippen LogP contribution is 2.33. The summed E-state index contributed by atoms with van der Waals surface area (Å²) in [5.74, 6) is 0.519. The van der Waals surface area contributed by atoms with Crippen LogP contribution in [0.1, 0.15) is 25.0 Å². The number of halogens is 1. The summed E-state index contributed by atoms with van der Waals surface area (Å²) in [5, 5.41) is 3.89. The zero-order valence-electron chi connectivity index (χ0n) is 14.9. The van der Waals surface area contributed by atoms with Gasteiger partial charge in [0.25, 0.3) is 0 Å². The molecule has 26 heavy (non-hydrogen) atoms. The van der Waals surface area contributed by atoms with E-state index < -0.39 is 0 Å².